The maximum atomic E-state index is 11.4. The number of benzene rings is 1. The monoisotopic (exact) mass is 355 g/mol. The van der Waals surface area contributed by atoms with Crippen LogP contribution in [0.2, 0.25) is 0 Å². The molecular weight excluding hydrogens is 330 g/mol. The summed E-state index contributed by atoms with van der Waals surface area (Å²) in [6.07, 6.45) is 0. The smallest absolute Gasteiger partial charge is 0.333 e. The van der Waals surface area contributed by atoms with Gasteiger partial charge in [-0.25, -0.2) is 4.79 Å². The van der Waals surface area contributed by atoms with E-state index in [1.807, 2.05) is 6.07 Å². The summed E-state index contributed by atoms with van der Waals surface area (Å²) in [5, 5.41) is 0. The fourth-order valence-corrected chi connectivity index (χ4v) is 2.27. The van der Waals surface area contributed by atoms with Crippen LogP contribution in [0.1, 0.15) is 26.3 Å². The van der Waals surface area contributed by atoms with Crippen molar-refractivity contribution in [2.45, 2.75) is 27.3 Å². The number of nitrogens with zero attached hydrogens (tertiary/aromatic N) is 1. The van der Waals surface area contributed by atoms with Crippen LogP contribution in [-0.4, -0.2) is 36.7 Å². The Morgan fingerprint density at radius 3 is 2.24 bits per heavy atom. The van der Waals surface area contributed by atoms with Crippen molar-refractivity contribution in [2.75, 3.05) is 26.2 Å². The van der Waals surface area contributed by atoms with Crippen molar-refractivity contribution in [1.29, 1.82) is 0 Å². The van der Waals surface area contributed by atoms with Gasteiger partial charge in [-0.05, 0) is 20.8 Å². The lowest BCUT2D eigenvalue weighted by Gasteiger charge is -2.36. The van der Waals surface area contributed by atoms with Gasteiger partial charge in [0.25, 0.3) is 0 Å². The molecule has 0 spiro atoms. The highest BCUT2D eigenvalue weighted by Gasteiger charge is 2.24. The molecular formula is C17H26BrNO2. The van der Waals surface area contributed by atoms with Crippen molar-refractivity contribution in [3.63, 3.8) is 0 Å². The van der Waals surface area contributed by atoms with E-state index >= 15 is 0 Å². The van der Waals surface area contributed by atoms with E-state index in [1.165, 1.54) is 5.56 Å². The summed E-state index contributed by atoms with van der Waals surface area (Å²) in [7, 11) is 0. The van der Waals surface area contributed by atoms with Gasteiger partial charge >= 0.3 is 5.97 Å². The van der Waals surface area contributed by atoms with Gasteiger partial charge in [0.1, 0.15) is 19.7 Å². The topological polar surface area (TPSA) is 26.3 Å². The molecule has 118 valence electrons. The van der Waals surface area contributed by atoms with Crippen molar-refractivity contribution in [1.82, 2.24) is 0 Å². The molecule has 0 amide bonds. The fourth-order valence-electron chi connectivity index (χ4n) is 2.27. The molecule has 1 aromatic rings. The third-order valence-electron chi connectivity index (χ3n) is 3.85. The second-order valence-corrected chi connectivity index (χ2v) is 5.26. The van der Waals surface area contributed by atoms with Crippen molar-refractivity contribution < 1.29 is 31.0 Å². The molecule has 21 heavy (non-hydrogen) atoms. The number of likely N-dealkylation sites (N-methyl/N-ethyl adjacent to an activating group) is 1. The normalized spacial score (nSPS) is 10.6. The van der Waals surface area contributed by atoms with E-state index in [4.69, 9.17) is 4.74 Å². The summed E-state index contributed by atoms with van der Waals surface area (Å²) in [5.41, 5.74) is 1.78. The van der Waals surface area contributed by atoms with Gasteiger partial charge in [0, 0.05) is 11.1 Å². The predicted octanol–water partition coefficient (Wildman–Crippen LogP) is 0.167. The van der Waals surface area contributed by atoms with Crippen LogP contribution in [0.15, 0.2) is 42.5 Å². The van der Waals surface area contributed by atoms with Crippen molar-refractivity contribution in [2.24, 2.45) is 0 Å². The third-order valence-corrected chi connectivity index (χ3v) is 3.85. The lowest BCUT2D eigenvalue weighted by Crippen LogP contribution is -3.00. The highest BCUT2D eigenvalue weighted by molar-refractivity contribution is 5.86. The quantitative estimate of drug-likeness (QED) is 0.377. The minimum absolute atomic E-state index is 0. The van der Waals surface area contributed by atoms with Crippen LogP contribution in [0.5, 0.6) is 0 Å². The summed E-state index contributed by atoms with van der Waals surface area (Å²) in [4.78, 5) is 11.4. The Kier molecular flexibility index (Phi) is 9.22. The highest BCUT2D eigenvalue weighted by atomic mass is 79.9. The first-order chi connectivity index (χ1) is 9.53. The van der Waals surface area contributed by atoms with E-state index in [1.54, 1.807) is 6.92 Å². The van der Waals surface area contributed by atoms with Crippen LogP contribution in [-0.2, 0) is 16.1 Å². The molecule has 0 saturated heterocycles. The number of hydrogen-bond acceptors (Lipinski definition) is 2. The first-order valence-corrected chi connectivity index (χ1v) is 7.24. The second kappa shape index (κ2) is 9.74. The Balaban J connectivity index is 0.00000400. The molecule has 1 rings (SSSR count). The summed E-state index contributed by atoms with van der Waals surface area (Å²) in [6.45, 7) is 13.9. The van der Waals surface area contributed by atoms with Gasteiger partial charge in [-0.2, -0.15) is 0 Å². The van der Waals surface area contributed by atoms with Gasteiger partial charge < -0.3 is 26.2 Å². The summed E-state index contributed by atoms with van der Waals surface area (Å²) < 4.78 is 6.17. The highest BCUT2D eigenvalue weighted by Crippen LogP contribution is 2.14. The first-order valence-electron chi connectivity index (χ1n) is 7.24. The number of esters is 1. The lowest BCUT2D eigenvalue weighted by molar-refractivity contribution is -0.937. The molecule has 0 N–H and O–H groups in total. The number of carbonyl (C=O) groups is 1. The van der Waals surface area contributed by atoms with Gasteiger partial charge in [-0.15, -0.1) is 0 Å². The maximum Gasteiger partial charge on any atom is 0.333 e. The number of halogens is 1. The Labute approximate surface area is 139 Å². The minimum Gasteiger partial charge on any atom is -1.00 e. The molecule has 0 radical (unpaired) electrons. The maximum absolute atomic E-state index is 11.4. The van der Waals surface area contributed by atoms with Crippen LogP contribution < -0.4 is 17.0 Å². The Bertz CT molecular complexity index is 441. The molecule has 0 aliphatic rings. The average molecular weight is 356 g/mol. The molecule has 0 bridgehead atoms. The van der Waals surface area contributed by atoms with E-state index in [0.717, 1.165) is 30.7 Å². The number of ether oxygens (including phenoxy) is 1. The Morgan fingerprint density at radius 1 is 1.19 bits per heavy atom. The summed E-state index contributed by atoms with van der Waals surface area (Å²) >= 11 is 0. The Morgan fingerprint density at radius 2 is 1.76 bits per heavy atom. The van der Waals surface area contributed by atoms with Gasteiger partial charge in [-0.1, -0.05) is 36.9 Å². The third kappa shape index (κ3) is 6.44. The molecule has 0 fully saturated rings. The van der Waals surface area contributed by atoms with Crippen molar-refractivity contribution in [3.8, 4) is 0 Å². The minimum atomic E-state index is -0.296. The molecule has 1 aromatic carbocycles. The zero-order chi connectivity index (χ0) is 15.0. The number of quaternary nitrogens is 1. The van der Waals surface area contributed by atoms with Crippen LogP contribution in [0.3, 0.4) is 0 Å². The van der Waals surface area contributed by atoms with E-state index in [0.29, 0.717) is 12.2 Å². The fraction of sp³-hybridized carbons (Fsp3) is 0.471. The predicted molar refractivity (Wildman–Crippen MR) is 82.1 cm³/mol. The molecule has 0 aromatic heterocycles. The van der Waals surface area contributed by atoms with E-state index in [9.17, 15) is 4.79 Å². The van der Waals surface area contributed by atoms with Gasteiger partial charge in [-0.3, -0.25) is 0 Å². The second-order valence-electron chi connectivity index (χ2n) is 5.26. The van der Waals surface area contributed by atoms with Gasteiger partial charge in [0.15, 0.2) is 0 Å². The van der Waals surface area contributed by atoms with Crippen LogP contribution in [0, 0.1) is 0 Å². The standard InChI is InChI=1S/C17H26NO2.BrH/c1-5-18(6-2,12-13-20-17(19)15(3)4)14-16-10-8-7-9-11-16;/h7-11H,3,5-6,12-14H2,1-2,4H3;1H/q+1;/p-1. The summed E-state index contributed by atoms with van der Waals surface area (Å²) in [6, 6.07) is 10.5. The number of carbonyl (C=O) groups excluding carboxylic acids is 1. The van der Waals surface area contributed by atoms with Gasteiger partial charge in [0.05, 0.1) is 13.1 Å². The van der Waals surface area contributed by atoms with Crippen LogP contribution >= 0.6 is 0 Å². The van der Waals surface area contributed by atoms with Crippen molar-refractivity contribution in [3.05, 3.63) is 48.0 Å². The largest absolute Gasteiger partial charge is 1.00 e. The Hall–Kier alpha value is -1.13. The zero-order valence-corrected chi connectivity index (χ0v) is 14.9. The molecule has 0 heterocycles. The van der Waals surface area contributed by atoms with Crippen molar-refractivity contribution >= 4 is 5.97 Å². The number of hydrogen-bond donors (Lipinski definition) is 0. The first kappa shape index (κ1) is 19.9. The van der Waals surface area contributed by atoms with Crippen LogP contribution in [0.25, 0.3) is 0 Å². The van der Waals surface area contributed by atoms with Gasteiger partial charge in [0.2, 0.25) is 0 Å². The summed E-state index contributed by atoms with van der Waals surface area (Å²) in [5.74, 6) is -0.296. The molecule has 3 nitrogen and oxygen atoms in total. The lowest BCUT2D eigenvalue weighted by atomic mass is 10.2. The molecule has 0 saturated carbocycles. The van der Waals surface area contributed by atoms with E-state index < -0.39 is 0 Å². The molecule has 4 heteroatoms. The molecule has 0 aliphatic carbocycles. The average Bonchev–Trinajstić information content (AvgIpc) is 2.47. The molecule has 0 atom stereocenters. The molecule has 0 unspecified atom stereocenters. The van der Waals surface area contributed by atoms with E-state index in [2.05, 4.69) is 44.7 Å². The van der Waals surface area contributed by atoms with Crippen LogP contribution in [0.4, 0.5) is 0 Å². The SMILES string of the molecule is C=C(C)C(=O)OCC[N+](CC)(CC)Cc1ccccc1.[Br-]. The number of rotatable bonds is 8. The molecule has 0 aliphatic heterocycles. The van der Waals surface area contributed by atoms with E-state index in [-0.39, 0.29) is 23.0 Å². The zero-order valence-electron chi connectivity index (χ0n) is 13.3.